The maximum absolute atomic E-state index is 12.3. The molecular formula is C13H19ClN4O2S. The molecule has 3 rings (SSSR count). The van der Waals surface area contributed by atoms with Gasteiger partial charge in [0.15, 0.2) is 0 Å². The zero-order valence-electron chi connectivity index (χ0n) is 11.7. The molecule has 2 N–H and O–H groups in total. The van der Waals surface area contributed by atoms with Crippen LogP contribution in [0.3, 0.4) is 0 Å². The van der Waals surface area contributed by atoms with E-state index in [-0.39, 0.29) is 30.8 Å². The summed E-state index contributed by atoms with van der Waals surface area (Å²) < 4.78 is 0. The van der Waals surface area contributed by atoms with E-state index in [1.165, 1.54) is 11.3 Å². The third-order valence-corrected chi connectivity index (χ3v) is 4.57. The topological polar surface area (TPSA) is 79.5 Å². The summed E-state index contributed by atoms with van der Waals surface area (Å²) in [6, 6.07) is 0.426. The van der Waals surface area contributed by atoms with Gasteiger partial charge in [0.2, 0.25) is 5.91 Å². The number of carbonyl (C=O) groups excluding carboxylic acids is 2. The van der Waals surface area contributed by atoms with Crippen LogP contribution in [0.25, 0.3) is 0 Å². The minimum atomic E-state index is -0.145. The molecule has 0 radical (unpaired) electrons. The van der Waals surface area contributed by atoms with Gasteiger partial charge in [0.25, 0.3) is 5.91 Å². The van der Waals surface area contributed by atoms with Gasteiger partial charge < -0.3 is 15.5 Å². The van der Waals surface area contributed by atoms with Gasteiger partial charge in [0, 0.05) is 30.9 Å². The molecule has 0 spiro atoms. The van der Waals surface area contributed by atoms with Crippen LogP contribution in [0.1, 0.15) is 28.3 Å². The Labute approximate surface area is 133 Å². The van der Waals surface area contributed by atoms with Gasteiger partial charge >= 0.3 is 0 Å². The van der Waals surface area contributed by atoms with Gasteiger partial charge in [0.05, 0.1) is 5.01 Å². The van der Waals surface area contributed by atoms with Crippen molar-refractivity contribution in [2.24, 2.45) is 5.73 Å². The zero-order chi connectivity index (χ0) is 14.1. The van der Waals surface area contributed by atoms with Crippen molar-refractivity contribution >= 4 is 35.6 Å². The quantitative estimate of drug-likeness (QED) is 0.872. The molecule has 8 heteroatoms. The highest BCUT2D eigenvalue weighted by Gasteiger charge is 2.37. The summed E-state index contributed by atoms with van der Waals surface area (Å²) in [6.45, 7) is 1.96. The summed E-state index contributed by atoms with van der Waals surface area (Å²) in [5.41, 5.74) is 5.91. The van der Waals surface area contributed by atoms with Crippen LogP contribution >= 0.6 is 23.7 Å². The number of nitrogens with zero attached hydrogens (tertiary/aromatic N) is 3. The Balaban J connectivity index is 0.00000161. The number of amides is 2. The fraction of sp³-hybridized carbons (Fsp3) is 0.615. The average Bonchev–Trinajstić information content (AvgIpc) is 3.17. The standard InChI is InChI=1S/C13H18N4O2S.ClH/c14-4-3-11-15-10(8-20-11)13(19)16-5-6-17(9-1-2-9)12(18)7-16;/h8-9H,1-7,14H2;1H. The number of nitrogens with two attached hydrogens (primary N) is 1. The molecule has 1 aromatic heterocycles. The van der Waals surface area contributed by atoms with Gasteiger partial charge in [-0.1, -0.05) is 0 Å². The van der Waals surface area contributed by atoms with Crippen LogP contribution in [0.15, 0.2) is 5.38 Å². The summed E-state index contributed by atoms with van der Waals surface area (Å²) in [5.74, 6) is -0.0853. The van der Waals surface area contributed by atoms with Crippen LogP contribution in [0.4, 0.5) is 0 Å². The summed E-state index contributed by atoms with van der Waals surface area (Å²) in [6.07, 6.45) is 2.90. The third-order valence-electron chi connectivity index (χ3n) is 3.66. The third kappa shape index (κ3) is 3.53. The molecule has 0 bridgehead atoms. The molecule has 2 aliphatic rings. The highest BCUT2D eigenvalue weighted by Crippen LogP contribution is 2.28. The lowest BCUT2D eigenvalue weighted by molar-refractivity contribution is -0.135. The zero-order valence-corrected chi connectivity index (χ0v) is 13.3. The number of carbonyl (C=O) groups is 2. The van der Waals surface area contributed by atoms with Crippen LogP contribution in [0.5, 0.6) is 0 Å². The van der Waals surface area contributed by atoms with Crippen LogP contribution in [0.2, 0.25) is 0 Å². The molecule has 0 aromatic carbocycles. The fourth-order valence-corrected chi connectivity index (χ4v) is 3.23. The van der Waals surface area contributed by atoms with Gasteiger partial charge in [-0.05, 0) is 19.4 Å². The minimum Gasteiger partial charge on any atom is -0.336 e. The first kappa shape index (κ1) is 16.2. The largest absolute Gasteiger partial charge is 0.336 e. The van der Waals surface area contributed by atoms with Crippen molar-refractivity contribution in [3.05, 3.63) is 16.1 Å². The van der Waals surface area contributed by atoms with Gasteiger partial charge in [-0.2, -0.15) is 0 Å². The molecule has 0 unspecified atom stereocenters. The highest BCUT2D eigenvalue weighted by atomic mass is 35.5. The van der Waals surface area contributed by atoms with Crippen molar-refractivity contribution < 1.29 is 9.59 Å². The van der Waals surface area contributed by atoms with E-state index >= 15 is 0 Å². The van der Waals surface area contributed by atoms with E-state index in [4.69, 9.17) is 5.73 Å². The van der Waals surface area contributed by atoms with Crippen molar-refractivity contribution in [3.8, 4) is 0 Å². The number of thiazole rings is 1. The highest BCUT2D eigenvalue weighted by molar-refractivity contribution is 7.09. The predicted octanol–water partition coefficient (Wildman–Crippen LogP) is 0.513. The summed E-state index contributed by atoms with van der Waals surface area (Å²) in [4.78, 5) is 32.1. The summed E-state index contributed by atoms with van der Waals surface area (Å²) in [5, 5.41) is 2.63. The molecule has 21 heavy (non-hydrogen) atoms. The second kappa shape index (κ2) is 6.72. The van der Waals surface area contributed by atoms with Gasteiger partial charge in [-0.15, -0.1) is 23.7 Å². The minimum absolute atomic E-state index is 0. The fourth-order valence-electron chi connectivity index (χ4n) is 2.44. The molecular weight excluding hydrogens is 312 g/mol. The molecule has 1 saturated heterocycles. The lowest BCUT2D eigenvalue weighted by Crippen LogP contribution is -2.52. The van der Waals surface area contributed by atoms with Crippen molar-refractivity contribution in [3.63, 3.8) is 0 Å². The number of piperazine rings is 1. The van der Waals surface area contributed by atoms with E-state index in [0.29, 0.717) is 37.8 Å². The van der Waals surface area contributed by atoms with E-state index in [0.717, 1.165) is 17.8 Å². The summed E-state index contributed by atoms with van der Waals surface area (Å²) >= 11 is 1.45. The average molecular weight is 331 g/mol. The Morgan fingerprint density at radius 1 is 1.43 bits per heavy atom. The normalized spacial score (nSPS) is 18.6. The van der Waals surface area contributed by atoms with Crippen LogP contribution in [-0.2, 0) is 11.2 Å². The van der Waals surface area contributed by atoms with Gasteiger partial charge in [-0.25, -0.2) is 4.98 Å². The maximum Gasteiger partial charge on any atom is 0.273 e. The second-order valence-corrected chi connectivity index (χ2v) is 6.15. The lowest BCUT2D eigenvalue weighted by Gasteiger charge is -2.34. The Hall–Kier alpha value is -1.18. The first-order chi connectivity index (χ1) is 9.69. The smallest absolute Gasteiger partial charge is 0.273 e. The Morgan fingerprint density at radius 2 is 2.19 bits per heavy atom. The molecule has 0 atom stereocenters. The molecule has 1 aliphatic heterocycles. The van der Waals surface area contributed by atoms with Crippen LogP contribution < -0.4 is 5.73 Å². The Kier molecular flexibility index (Phi) is 5.18. The van der Waals surface area contributed by atoms with E-state index in [1.54, 1.807) is 10.3 Å². The molecule has 1 saturated carbocycles. The predicted molar refractivity (Wildman–Crippen MR) is 82.8 cm³/mol. The van der Waals surface area contributed by atoms with E-state index in [1.807, 2.05) is 4.90 Å². The SMILES string of the molecule is Cl.NCCc1nc(C(=O)N2CCN(C3CC3)C(=O)C2)cs1. The van der Waals surface area contributed by atoms with Crippen molar-refractivity contribution in [2.75, 3.05) is 26.2 Å². The number of aromatic nitrogens is 1. The monoisotopic (exact) mass is 330 g/mol. The van der Waals surface area contributed by atoms with Crippen molar-refractivity contribution in [2.45, 2.75) is 25.3 Å². The first-order valence-electron chi connectivity index (χ1n) is 6.92. The number of rotatable bonds is 4. The Bertz CT molecular complexity index is 532. The molecule has 116 valence electrons. The van der Waals surface area contributed by atoms with E-state index in [2.05, 4.69) is 4.98 Å². The van der Waals surface area contributed by atoms with E-state index in [9.17, 15) is 9.59 Å². The maximum atomic E-state index is 12.3. The molecule has 6 nitrogen and oxygen atoms in total. The van der Waals surface area contributed by atoms with Crippen molar-refractivity contribution in [1.82, 2.24) is 14.8 Å². The molecule has 2 fully saturated rings. The number of hydrogen-bond donors (Lipinski definition) is 1. The van der Waals surface area contributed by atoms with Crippen LogP contribution in [0, 0.1) is 0 Å². The van der Waals surface area contributed by atoms with Gasteiger partial charge in [0.1, 0.15) is 12.2 Å². The van der Waals surface area contributed by atoms with E-state index < -0.39 is 0 Å². The number of halogens is 1. The molecule has 2 heterocycles. The summed E-state index contributed by atoms with van der Waals surface area (Å²) in [7, 11) is 0. The molecule has 1 aliphatic carbocycles. The van der Waals surface area contributed by atoms with Gasteiger partial charge in [-0.3, -0.25) is 9.59 Å². The van der Waals surface area contributed by atoms with Crippen molar-refractivity contribution in [1.29, 1.82) is 0 Å². The molecule has 2 amide bonds. The second-order valence-electron chi connectivity index (χ2n) is 5.21. The Morgan fingerprint density at radius 3 is 2.81 bits per heavy atom. The van der Waals surface area contributed by atoms with Crippen LogP contribution in [-0.4, -0.2) is 58.8 Å². The molecule has 1 aromatic rings. The first-order valence-corrected chi connectivity index (χ1v) is 7.80. The lowest BCUT2D eigenvalue weighted by atomic mass is 10.2. The number of hydrogen-bond acceptors (Lipinski definition) is 5.